The molecule has 0 spiro atoms. The van der Waals surface area contributed by atoms with Crippen LogP contribution in [0.4, 0.5) is 5.82 Å². The van der Waals surface area contributed by atoms with Gasteiger partial charge < -0.3 is 15.0 Å². The monoisotopic (exact) mass is 263 g/mol. The van der Waals surface area contributed by atoms with Crippen molar-refractivity contribution in [1.29, 1.82) is 0 Å². The summed E-state index contributed by atoms with van der Waals surface area (Å²) in [5.41, 5.74) is 0.606. The topological polar surface area (TPSA) is 54.5 Å². The summed E-state index contributed by atoms with van der Waals surface area (Å²) in [6.45, 7) is 1.74. The smallest absolute Gasteiger partial charge is 0.254 e. The van der Waals surface area contributed by atoms with Crippen LogP contribution in [0.15, 0.2) is 18.3 Å². The summed E-state index contributed by atoms with van der Waals surface area (Å²) in [5.74, 6) is 0.770. The van der Waals surface area contributed by atoms with E-state index in [1.807, 2.05) is 6.07 Å². The van der Waals surface area contributed by atoms with Crippen molar-refractivity contribution in [2.75, 3.05) is 32.6 Å². The molecule has 1 aromatic heterocycles. The van der Waals surface area contributed by atoms with Crippen LogP contribution in [-0.4, -0.2) is 49.1 Å². The second-order valence-electron chi connectivity index (χ2n) is 4.98. The van der Waals surface area contributed by atoms with E-state index in [-0.39, 0.29) is 5.91 Å². The molecule has 1 saturated heterocycles. The number of hydrogen-bond acceptors (Lipinski definition) is 4. The Morgan fingerprint density at radius 3 is 2.95 bits per heavy atom. The van der Waals surface area contributed by atoms with E-state index in [0.29, 0.717) is 11.7 Å². The summed E-state index contributed by atoms with van der Waals surface area (Å²) in [6.07, 6.45) is 5.33. The number of ether oxygens (including phenoxy) is 1. The van der Waals surface area contributed by atoms with E-state index < -0.39 is 0 Å². The molecule has 1 aromatic rings. The van der Waals surface area contributed by atoms with Gasteiger partial charge in [-0.2, -0.15) is 0 Å². The summed E-state index contributed by atoms with van der Waals surface area (Å²) >= 11 is 0. The second-order valence-corrected chi connectivity index (χ2v) is 4.98. The molecule has 19 heavy (non-hydrogen) atoms. The van der Waals surface area contributed by atoms with Gasteiger partial charge in [-0.25, -0.2) is 4.98 Å². The first kappa shape index (κ1) is 13.8. The lowest BCUT2D eigenvalue weighted by Crippen LogP contribution is -2.21. The quantitative estimate of drug-likeness (QED) is 0.879. The number of anilines is 1. The van der Waals surface area contributed by atoms with Crippen molar-refractivity contribution in [2.45, 2.75) is 25.4 Å². The normalized spacial score (nSPS) is 18.3. The van der Waals surface area contributed by atoms with Gasteiger partial charge in [-0.3, -0.25) is 4.79 Å². The van der Waals surface area contributed by atoms with Crippen LogP contribution in [0.2, 0.25) is 0 Å². The van der Waals surface area contributed by atoms with Gasteiger partial charge in [-0.15, -0.1) is 0 Å². The Morgan fingerprint density at radius 1 is 1.53 bits per heavy atom. The summed E-state index contributed by atoms with van der Waals surface area (Å²) in [7, 11) is 3.46. The highest BCUT2D eigenvalue weighted by Gasteiger charge is 2.14. The average molecular weight is 263 g/mol. The zero-order chi connectivity index (χ0) is 13.7. The zero-order valence-corrected chi connectivity index (χ0v) is 11.6. The molecule has 1 amide bonds. The minimum absolute atomic E-state index is 0.0293. The first-order valence-electron chi connectivity index (χ1n) is 6.70. The Bertz CT molecular complexity index is 411. The van der Waals surface area contributed by atoms with Crippen molar-refractivity contribution >= 4 is 11.7 Å². The Hall–Kier alpha value is -1.62. The van der Waals surface area contributed by atoms with Crippen LogP contribution in [0.3, 0.4) is 0 Å². The summed E-state index contributed by atoms with van der Waals surface area (Å²) in [5, 5.41) is 3.25. The van der Waals surface area contributed by atoms with Crippen molar-refractivity contribution < 1.29 is 9.53 Å². The number of hydrogen-bond donors (Lipinski definition) is 1. The van der Waals surface area contributed by atoms with Crippen molar-refractivity contribution in [1.82, 2.24) is 9.88 Å². The standard InChI is InChI=1S/C14H21N3O2/c1-17(2)14(18)11-5-6-13(16-10-11)15-8-7-12-4-3-9-19-12/h5-6,10,12H,3-4,7-9H2,1-2H3,(H,15,16). The lowest BCUT2D eigenvalue weighted by molar-refractivity contribution is 0.0827. The third-order valence-electron chi connectivity index (χ3n) is 3.21. The predicted octanol–water partition coefficient (Wildman–Crippen LogP) is 1.76. The average Bonchev–Trinajstić information content (AvgIpc) is 2.92. The maximum Gasteiger partial charge on any atom is 0.254 e. The van der Waals surface area contributed by atoms with Gasteiger partial charge >= 0.3 is 0 Å². The van der Waals surface area contributed by atoms with Crippen LogP contribution in [0.5, 0.6) is 0 Å². The van der Waals surface area contributed by atoms with Gasteiger partial charge in [-0.05, 0) is 31.4 Å². The molecule has 0 saturated carbocycles. The summed E-state index contributed by atoms with van der Waals surface area (Å²) in [4.78, 5) is 17.5. The van der Waals surface area contributed by atoms with Crippen molar-refractivity contribution in [3.05, 3.63) is 23.9 Å². The molecule has 0 aliphatic carbocycles. The van der Waals surface area contributed by atoms with Crippen molar-refractivity contribution in [3.63, 3.8) is 0 Å². The number of aromatic nitrogens is 1. The minimum atomic E-state index is -0.0293. The Kier molecular flexibility index (Phi) is 4.74. The molecule has 104 valence electrons. The molecule has 5 nitrogen and oxygen atoms in total. The first-order valence-corrected chi connectivity index (χ1v) is 6.70. The van der Waals surface area contributed by atoms with Gasteiger partial charge in [0.2, 0.25) is 0 Å². The maximum absolute atomic E-state index is 11.7. The van der Waals surface area contributed by atoms with Crippen molar-refractivity contribution in [2.24, 2.45) is 0 Å². The number of nitrogens with one attached hydrogen (secondary N) is 1. The SMILES string of the molecule is CN(C)C(=O)c1ccc(NCCC2CCCO2)nc1. The van der Waals surface area contributed by atoms with Gasteiger partial charge in [0.25, 0.3) is 5.91 Å². The van der Waals surface area contributed by atoms with Crippen LogP contribution in [-0.2, 0) is 4.74 Å². The van der Waals surface area contributed by atoms with Crippen LogP contribution in [0.1, 0.15) is 29.6 Å². The Morgan fingerprint density at radius 2 is 2.37 bits per heavy atom. The molecule has 2 rings (SSSR count). The molecular weight excluding hydrogens is 242 g/mol. The fraction of sp³-hybridized carbons (Fsp3) is 0.571. The van der Waals surface area contributed by atoms with E-state index in [0.717, 1.165) is 31.8 Å². The minimum Gasteiger partial charge on any atom is -0.378 e. The zero-order valence-electron chi connectivity index (χ0n) is 11.6. The van der Waals surface area contributed by atoms with E-state index >= 15 is 0 Å². The molecule has 1 fully saturated rings. The first-order chi connectivity index (χ1) is 9.16. The molecule has 1 aliphatic rings. The van der Waals surface area contributed by atoms with Gasteiger partial charge in [0.1, 0.15) is 5.82 Å². The van der Waals surface area contributed by atoms with Crippen LogP contribution in [0.25, 0.3) is 0 Å². The molecule has 0 radical (unpaired) electrons. The van der Waals surface area contributed by atoms with E-state index in [2.05, 4.69) is 10.3 Å². The van der Waals surface area contributed by atoms with Crippen LogP contribution >= 0.6 is 0 Å². The van der Waals surface area contributed by atoms with Crippen LogP contribution < -0.4 is 5.32 Å². The van der Waals surface area contributed by atoms with E-state index in [9.17, 15) is 4.79 Å². The van der Waals surface area contributed by atoms with Gasteiger partial charge in [0.15, 0.2) is 0 Å². The van der Waals surface area contributed by atoms with Gasteiger partial charge in [-0.1, -0.05) is 0 Å². The predicted molar refractivity (Wildman–Crippen MR) is 74.3 cm³/mol. The molecule has 5 heteroatoms. The molecule has 0 aromatic carbocycles. The van der Waals surface area contributed by atoms with Crippen LogP contribution in [0, 0.1) is 0 Å². The number of amides is 1. The van der Waals surface area contributed by atoms with E-state index in [1.165, 1.54) is 6.42 Å². The molecule has 1 unspecified atom stereocenters. The number of nitrogens with zero attached hydrogens (tertiary/aromatic N) is 2. The molecule has 1 N–H and O–H groups in total. The Labute approximate surface area is 114 Å². The number of rotatable bonds is 5. The summed E-state index contributed by atoms with van der Waals surface area (Å²) in [6, 6.07) is 3.63. The fourth-order valence-electron chi connectivity index (χ4n) is 2.12. The lowest BCUT2D eigenvalue weighted by atomic mass is 10.2. The molecule has 2 heterocycles. The molecule has 1 aliphatic heterocycles. The number of carbonyl (C=O) groups is 1. The van der Waals surface area contributed by atoms with Gasteiger partial charge in [0, 0.05) is 33.4 Å². The highest BCUT2D eigenvalue weighted by molar-refractivity contribution is 5.93. The second kappa shape index (κ2) is 6.52. The third-order valence-corrected chi connectivity index (χ3v) is 3.21. The third kappa shape index (κ3) is 3.92. The maximum atomic E-state index is 11.7. The van der Waals surface area contributed by atoms with Gasteiger partial charge in [0.05, 0.1) is 11.7 Å². The highest BCUT2D eigenvalue weighted by atomic mass is 16.5. The Balaban J connectivity index is 1.79. The summed E-state index contributed by atoms with van der Waals surface area (Å²) < 4.78 is 5.56. The molecular formula is C14H21N3O2. The van der Waals surface area contributed by atoms with E-state index in [1.54, 1.807) is 31.3 Å². The molecule has 1 atom stereocenters. The lowest BCUT2D eigenvalue weighted by Gasteiger charge is -2.12. The highest BCUT2D eigenvalue weighted by Crippen LogP contribution is 2.15. The number of carbonyl (C=O) groups excluding carboxylic acids is 1. The van der Waals surface area contributed by atoms with E-state index in [4.69, 9.17) is 4.74 Å². The van der Waals surface area contributed by atoms with Crippen molar-refractivity contribution in [3.8, 4) is 0 Å². The largest absolute Gasteiger partial charge is 0.378 e. The fourth-order valence-corrected chi connectivity index (χ4v) is 2.12. The molecule has 0 bridgehead atoms. The number of pyridine rings is 1.